The summed E-state index contributed by atoms with van der Waals surface area (Å²) in [6, 6.07) is 15.5. The summed E-state index contributed by atoms with van der Waals surface area (Å²) < 4.78 is 6.43. The van der Waals surface area contributed by atoms with Crippen LogP contribution in [0, 0.1) is 0 Å². The lowest BCUT2D eigenvalue weighted by Crippen LogP contribution is -2.54. The molecular formula is C29H36N4O5S. The van der Waals surface area contributed by atoms with E-state index in [2.05, 4.69) is 15.6 Å². The van der Waals surface area contributed by atoms with E-state index in [0.717, 1.165) is 20.9 Å². The predicted octanol–water partition coefficient (Wildman–Crippen LogP) is 4.09. The van der Waals surface area contributed by atoms with Crippen LogP contribution >= 0.6 is 11.3 Å². The number of aliphatic carboxylic acids is 1. The summed E-state index contributed by atoms with van der Waals surface area (Å²) in [6.07, 6.45) is 3.23. The molecule has 208 valence electrons. The Morgan fingerprint density at radius 1 is 1.10 bits per heavy atom. The molecule has 0 spiro atoms. The van der Waals surface area contributed by atoms with Crippen LogP contribution in [0.1, 0.15) is 44.6 Å². The summed E-state index contributed by atoms with van der Waals surface area (Å²) >= 11 is 1.57. The molecule has 3 atom stereocenters. The molecule has 0 bridgehead atoms. The summed E-state index contributed by atoms with van der Waals surface area (Å²) in [5.41, 5.74) is 2.02. The molecule has 0 radical (unpaired) electrons. The molecule has 2 aromatic carbocycles. The maximum Gasteiger partial charge on any atom is 0.326 e. The summed E-state index contributed by atoms with van der Waals surface area (Å²) in [7, 11) is 0. The molecule has 1 aliphatic rings. The van der Waals surface area contributed by atoms with E-state index in [1.807, 2.05) is 54.6 Å². The van der Waals surface area contributed by atoms with Crippen LogP contribution in [0.2, 0.25) is 0 Å². The molecule has 0 saturated carbocycles. The summed E-state index contributed by atoms with van der Waals surface area (Å²) in [6.45, 7) is 2.97. The van der Waals surface area contributed by atoms with Gasteiger partial charge in [-0.1, -0.05) is 53.8 Å². The largest absolute Gasteiger partial charge is 0.480 e. The molecule has 3 aromatic rings. The maximum absolute atomic E-state index is 13.6. The van der Waals surface area contributed by atoms with Crippen molar-refractivity contribution in [3.63, 3.8) is 0 Å². The highest BCUT2D eigenvalue weighted by molar-refractivity contribution is 7.22. The fraction of sp³-hybridized carbons (Fsp3) is 0.448. The van der Waals surface area contributed by atoms with Crippen LogP contribution in [0.25, 0.3) is 10.2 Å². The lowest BCUT2D eigenvalue weighted by atomic mass is 10.0. The summed E-state index contributed by atoms with van der Waals surface area (Å²) in [5.74, 6) is -1.69. The van der Waals surface area contributed by atoms with Crippen molar-refractivity contribution < 1.29 is 24.2 Å². The van der Waals surface area contributed by atoms with Crippen LogP contribution in [0.4, 0.5) is 5.13 Å². The number of carbonyl (C=O) groups is 3. The number of amides is 1. The number of aromatic nitrogens is 1. The summed E-state index contributed by atoms with van der Waals surface area (Å²) in [4.78, 5) is 44.4. The zero-order valence-electron chi connectivity index (χ0n) is 22.2. The van der Waals surface area contributed by atoms with E-state index in [1.165, 1.54) is 4.90 Å². The van der Waals surface area contributed by atoms with Gasteiger partial charge in [-0.3, -0.25) is 14.9 Å². The standard InChI is InChI=1S/C29H36N4O5S/c1-2-38-28(37)23(17-16-20-10-4-3-5-11-20)31-22(26(34)33-19-9-14-24(33)27(35)36)13-8-18-30-29-32-21-12-6-7-15-25(21)39-29/h3-7,10-12,15,22-24,31H,2,8-9,13-14,16-19H2,1H3,(H,30,32)(H,35,36)/t22-,23-,24-/m0/s1. The van der Waals surface area contributed by atoms with Gasteiger partial charge in [0.25, 0.3) is 0 Å². The zero-order chi connectivity index (χ0) is 27.6. The third-order valence-corrected chi connectivity index (χ3v) is 7.89. The number of aryl methyl sites for hydroxylation is 1. The minimum absolute atomic E-state index is 0.236. The second-order valence-corrected chi connectivity index (χ2v) is 10.7. The summed E-state index contributed by atoms with van der Waals surface area (Å²) in [5, 5.41) is 17.1. The number of esters is 1. The van der Waals surface area contributed by atoms with Crippen LogP contribution < -0.4 is 10.6 Å². The minimum Gasteiger partial charge on any atom is -0.480 e. The highest BCUT2D eigenvalue weighted by Crippen LogP contribution is 2.25. The number of nitrogens with one attached hydrogen (secondary N) is 2. The van der Waals surface area contributed by atoms with E-state index in [9.17, 15) is 19.5 Å². The van der Waals surface area contributed by atoms with Gasteiger partial charge in [0.2, 0.25) is 5.91 Å². The lowest BCUT2D eigenvalue weighted by molar-refractivity contribution is -0.150. The normalized spacial score (nSPS) is 16.6. The van der Waals surface area contributed by atoms with Gasteiger partial charge >= 0.3 is 11.9 Å². The monoisotopic (exact) mass is 552 g/mol. The van der Waals surface area contributed by atoms with E-state index in [4.69, 9.17) is 4.74 Å². The molecule has 1 aromatic heterocycles. The molecule has 2 heterocycles. The number of ether oxygens (including phenoxy) is 1. The van der Waals surface area contributed by atoms with Crippen molar-refractivity contribution in [2.24, 2.45) is 0 Å². The van der Waals surface area contributed by atoms with E-state index in [0.29, 0.717) is 51.6 Å². The van der Waals surface area contributed by atoms with E-state index >= 15 is 0 Å². The second kappa shape index (κ2) is 14.0. The number of rotatable bonds is 14. The van der Waals surface area contributed by atoms with Crippen molar-refractivity contribution in [3.05, 3.63) is 60.2 Å². The minimum atomic E-state index is -0.997. The Hall–Kier alpha value is -3.50. The fourth-order valence-corrected chi connectivity index (χ4v) is 5.82. The van der Waals surface area contributed by atoms with Crippen molar-refractivity contribution in [2.45, 2.75) is 63.6 Å². The SMILES string of the molecule is CCOC(=O)[C@H](CCc1ccccc1)N[C@@H](CCCNc1nc2ccccc2s1)C(=O)N1CCC[C@H]1C(=O)O. The number of carbonyl (C=O) groups excluding carboxylic acids is 2. The number of likely N-dealkylation sites (tertiary alicyclic amines) is 1. The van der Waals surface area contributed by atoms with Gasteiger partial charge in [0, 0.05) is 13.1 Å². The Kier molecular flexibility index (Phi) is 10.3. The molecule has 0 aliphatic carbocycles. The zero-order valence-corrected chi connectivity index (χ0v) is 23.0. The number of para-hydroxylation sites is 1. The van der Waals surface area contributed by atoms with Gasteiger partial charge < -0.3 is 20.1 Å². The number of carboxylic acid groups (broad SMARTS) is 1. The number of hydrogen-bond donors (Lipinski definition) is 3. The van der Waals surface area contributed by atoms with Gasteiger partial charge in [-0.05, 0) is 63.1 Å². The van der Waals surface area contributed by atoms with Crippen LogP contribution in [0.5, 0.6) is 0 Å². The number of carboxylic acids is 1. The first-order valence-corrected chi connectivity index (χ1v) is 14.4. The molecule has 3 N–H and O–H groups in total. The first kappa shape index (κ1) is 28.5. The van der Waals surface area contributed by atoms with Crippen molar-refractivity contribution in [1.82, 2.24) is 15.2 Å². The Balaban J connectivity index is 1.44. The average molecular weight is 553 g/mol. The van der Waals surface area contributed by atoms with Crippen molar-refractivity contribution in [2.75, 3.05) is 25.0 Å². The van der Waals surface area contributed by atoms with Crippen LogP contribution in [-0.2, 0) is 25.5 Å². The number of thiazole rings is 1. The molecule has 39 heavy (non-hydrogen) atoms. The molecule has 1 fully saturated rings. The third-order valence-electron chi connectivity index (χ3n) is 6.90. The molecule has 10 heteroatoms. The average Bonchev–Trinajstić information content (AvgIpc) is 3.60. The highest BCUT2D eigenvalue weighted by Gasteiger charge is 2.38. The number of hydrogen-bond acceptors (Lipinski definition) is 8. The lowest BCUT2D eigenvalue weighted by Gasteiger charge is -2.30. The van der Waals surface area contributed by atoms with Gasteiger partial charge in [-0.15, -0.1) is 0 Å². The van der Waals surface area contributed by atoms with Gasteiger partial charge in [0.1, 0.15) is 12.1 Å². The molecule has 1 saturated heterocycles. The fourth-order valence-electron chi connectivity index (χ4n) is 4.93. The van der Waals surface area contributed by atoms with E-state index in [1.54, 1.807) is 18.3 Å². The molecule has 1 amide bonds. The predicted molar refractivity (Wildman–Crippen MR) is 152 cm³/mol. The van der Waals surface area contributed by atoms with E-state index < -0.39 is 30.1 Å². The Labute approximate surface area is 232 Å². The topological polar surface area (TPSA) is 121 Å². The molecule has 9 nitrogen and oxygen atoms in total. The molecule has 1 aliphatic heterocycles. The molecular weight excluding hydrogens is 516 g/mol. The smallest absolute Gasteiger partial charge is 0.326 e. The number of fused-ring (bicyclic) bond motifs is 1. The number of anilines is 1. The van der Waals surface area contributed by atoms with Gasteiger partial charge in [0.05, 0.1) is 22.9 Å². The maximum atomic E-state index is 13.6. The Morgan fingerprint density at radius 2 is 1.87 bits per heavy atom. The molecule has 0 unspecified atom stereocenters. The number of nitrogens with zero attached hydrogens (tertiary/aromatic N) is 2. The van der Waals surface area contributed by atoms with Crippen molar-refractivity contribution >= 4 is 44.5 Å². The molecule has 4 rings (SSSR count). The van der Waals surface area contributed by atoms with Crippen molar-refractivity contribution in [1.29, 1.82) is 0 Å². The third kappa shape index (κ3) is 7.77. The Bertz CT molecular complexity index is 1220. The van der Waals surface area contributed by atoms with Crippen molar-refractivity contribution in [3.8, 4) is 0 Å². The van der Waals surface area contributed by atoms with Crippen LogP contribution in [0.15, 0.2) is 54.6 Å². The quantitative estimate of drug-likeness (QED) is 0.202. The number of benzene rings is 2. The van der Waals surface area contributed by atoms with Gasteiger partial charge in [-0.25, -0.2) is 9.78 Å². The van der Waals surface area contributed by atoms with Crippen LogP contribution in [-0.4, -0.2) is 70.7 Å². The Morgan fingerprint density at radius 3 is 2.62 bits per heavy atom. The first-order chi connectivity index (χ1) is 19.0. The van der Waals surface area contributed by atoms with E-state index in [-0.39, 0.29) is 12.5 Å². The van der Waals surface area contributed by atoms with Gasteiger partial charge in [-0.2, -0.15) is 0 Å². The second-order valence-electron chi connectivity index (χ2n) is 9.63. The van der Waals surface area contributed by atoms with Gasteiger partial charge in [0.15, 0.2) is 5.13 Å². The first-order valence-electron chi connectivity index (χ1n) is 13.6. The van der Waals surface area contributed by atoms with Crippen LogP contribution in [0.3, 0.4) is 0 Å². The highest BCUT2D eigenvalue weighted by atomic mass is 32.1.